The number of anilines is 2. The van der Waals surface area contributed by atoms with Gasteiger partial charge in [-0.2, -0.15) is 0 Å². The second-order valence-corrected chi connectivity index (χ2v) is 8.23. The Morgan fingerprint density at radius 2 is 1.73 bits per heavy atom. The van der Waals surface area contributed by atoms with Crippen LogP contribution in [0.25, 0.3) is 11.5 Å². The molecule has 1 saturated carbocycles. The van der Waals surface area contributed by atoms with Crippen molar-refractivity contribution in [3.05, 3.63) is 65.9 Å². The summed E-state index contributed by atoms with van der Waals surface area (Å²) in [6, 6.07) is 16.6. The minimum Gasteiger partial charge on any atom is -0.396 e. The van der Waals surface area contributed by atoms with Gasteiger partial charge in [0.25, 0.3) is 0 Å². The fraction of sp³-hybridized carbons (Fsp3) is 0.375. The first kappa shape index (κ1) is 19.0. The zero-order valence-corrected chi connectivity index (χ0v) is 17.0. The molecule has 2 aliphatic rings. The fourth-order valence-electron chi connectivity index (χ4n) is 4.21. The van der Waals surface area contributed by atoms with E-state index in [0.717, 1.165) is 56.2 Å². The van der Waals surface area contributed by atoms with E-state index in [1.54, 1.807) is 6.20 Å². The molecule has 3 heterocycles. The van der Waals surface area contributed by atoms with Crippen molar-refractivity contribution in [2.75, 3.05) is 36.5 Å². The van der Waals surface area contributed by atoms with Gasteiger partial charge in [-0.15, -0.1) is 0 Å². The molecule has 5 rings (SSSR count). The maximum absolute atomic E-state index is 9.31. The monoisotopic (exact) mass is 401 g/mol. The number of hydrogen-bond donors (Lipinski definition) is 2. The van der Waals surface area contributed by atoms with Crippen molar-refractivity contribution in [2.24, 2.45) is 11.8 Å². The molecule has 0 saturated heterocycles. The van der Waals surface area contributed by atoms with Crippen LogP contribution in [0.4, 0.5) is 11.6 Å². The van der Waals surface area contributed by atoms with Gasteiger partial charge >= 0.3 is 0 Å². The van der Waals surface area contributed by atoms with Crippen LogP contribution in [0.5, 0.6) is 0 Å². The van der Waals surface area contributed by atoms with Crippen molar-refractivity contribution in [3.8, 4) is 11.5 Å². The highest BCUT2D eigenvalue weighted by atomic mass is 16.3. The van der Waals surface area contributed by atoms with Crippen molar-refractivity contribution >= 4 is 11.6 Å². The summed E-state index contributed by atoms with van der Waals surface area (Å²) < 4.78 is 0. The SMILES string of the molecule is OC[C@@H]1C[C@@H]1CNc1cc(N2CCc3ccccc3CC2)nc(-c2ccccn2)n1. The highest BCUT2D eigenvalue weighted by Crippen LogP contribution is 2.37. The van der Waals surface area contributed by atoms with E-state index in [1.807, 2.05) is 18.2 Å². The first-order chi connectivity index (χ1) is 14.8. The van der Waals surface area contributed by atoms with E-state index >= 15 is 0 Å². The summed E-state index contributed by atoms with van der Waals surface area (Å²) in [6.45, 7) is 2.97. The number of aliphatic hydroxyl groups excluding tert-OH is 1. The molecule has 1 fully saturated rings. The van der Waals surface area contributed by atoms with Crippen LogP contribution in [0.15, 0.2) is 54.7 Å². The fourth-order valence-corrected chi connectivity index (χ4v) is 4.21. The molecule has 1 aliphatic heterocycles. The third-order valence-electron chi connectivity index (χ3n) is 6.20. The number of aromatic nitrogens is 3. The molecule has 2 atom stereocenters. The summed E-state index contributed by atoms with van der Waals surface area (Å²) in [6.07, 6.45) is 4.89. The molecule has 2 aromatic heterocycles. The number of rotatable bonds is 6. The number of fused-ring (bicyclic) bond motifs is 1. The van der Waals surface area contributed by atoms with Gasteiger partial charge in [0.2, 0.25) is 0 Å². The molecule has 154 valence electrons. The van der Waals surface area contributed by atoms with Crippen molar-refractivity contribution in [3.63, 3.8) is 0 Å². The second kappa shape index (κ2) is 8.40. The predicted molar refractivity (Wildman–Crippen MR) is 118 cm³/mol. The zero-order chi connectivity index (χ0) is 20.3. The second-order valence-electron chi connectivity index (χ2n) is 8.23. The Labute approximate surface area is 177 Å². The molecule has 1 aliphatic carbocycles. The largest absolute Gasteiger partial charge is 0.396 e. The summed E-state index contributed by atoms with van der Waals surface area (Å²) in [5, 5.41) is 12.8. The van der Waals surface area contributed by atoms with Gasteiger partial charge in [0.15, 0.2) is 5.82 Å². The normalized spacial score (nSPS) is 20.4. The van der Waals surface area contributed by atoms with Crippen LogP contribution in [-0.2, 0) is 12.8 Å². The van der Waals surface area contributed by atoms with Crippen LogP contribution in [0.2, 0.25) is 0 Å². The van der Waals surface area contributed by atoms with Crippen LogP contribution in [-0.4, -0.2) is 46.3 Å². The van der Waals surface area contributed by atoms with E-state index in [-0.39, 0.29) is 6.61 Å². The molecule has 2 N–H and O–H groups in total. The maximum Gasteiger partial charge on any atom is 0.182 e. The van der Waals surface area contributed by atoms with Gasteiger partial charge < -0.3 is 15.3 Å². The summed E-state index contributed by atoms with van der Waals surface area (Å²) >= 11 is 0. The molecule has 0 radical (unpaired) electrons. The predicted octanol–water partition coefficient (Wildman–Crippen LogP) is 3.18. The molecule has 6 heteroatoms. The molecule has 1 aromatic carbocycles. The Balaban J connectivity index is 1.41. The van der Waals surface area contributed by atoms with Gasteiger partial charge in [-0.05, 0) is 54.4 Å². The number of nitrogens with zero attached hydrogens (tertiary/aromatic N) is 4. The van der Waals surface area contributed by atoms with E-state index in [9.17, 15) is 5.11 Å². The van der Waals surface area contributed by atoms with Gasteiger partial charge in [0.05, 0.1) is 0 Å². The lowest BCUT2D eigenvalue weighted by atomic mass is 10.0. The van der Waals surface area contributed by atoms with Gasteiger partial charge in [-0.25, -0.2) is 9.97 Å². The number of aliphatic hydroxyl groups is 1. The molecule has 0 bridgehead atoms. The Hall–Kier alpha value is -2.99. The quantitative estimate of drug-likeness (QED) is 0.661. The first-order valence-corrected chi connectivity index (χ1v) is 10.8. The van der Waals surface area contributed by atoms with E-state index in [2.05, 4.69) is 45.5 Å². The Bertz CT molecular complexity index is 982. The average Bonchev–Trinajstić information content (AvgIpc) is 3.60. The standard InChI is InChI=1S/C24H27N5O/c30-16-20-13-19(20)15-26-22-14-23(28-24(27-22)21-7-3-4-10-25-21)29-11-8-17-5-1-2-6-18(17)9-12-29/h1-7,10,14,19-20,30H,8-9,11-13,15-16H2,(H,26,27,28)/t19-,20+/m1/s1. The lowest BCUT2D eigenvalue weighted by molar-refractivity contribution is 0.270. The summed E-state index contributed by atoms with van der Waals surface area (Å²) in [5.74, 6) is 3.37. The third kappa shape index (κ3) is 4.14. The topological polar surface area (TPSA) is 74.2 Å². The minimum atomic E-state index is 0.273. The molecular formula is C24H27N5O. The molecule has 6 nitrogen and oxygen atoms in total. The lowest BCUT2D eigenvalue weighted by Crippen LogP contribution is -2.27. The summed E-state index contributed by atoms with van der Waals surface area (Å²) in [5.41, 5.74) is 3.64. The Morgan fingerprint density at radius 3 is 2.40 bits per heavy atom. The zero-order valence-electron chi connectivity index (χ0n) is 17.0. The Morgan fingerprint density at radius 1 is 0.967 bits per heavy atom. The number of pyridine rings is 1. The van der Waals surface area contributed by atoms with E-state index in [1.165, 1.54) is 11.1 Å². The number of hydrogen-bond acceptors (Lipinski definition) is 6. The average molecular weight is 402 g/mol. The van der Waals surface area contributed by atoms with Crippen molar-refractivity contribution in [2.45, 2.75) is 19.3 Å². The van der Waals surface area contributed by atoms with Gasteiger partial charge in [0, 0.05) is 38.5 Å². The minimum absolute atomic E-state index is 0.273. The molecule has 0 spiro atoms. The van der Waals surface area contributed by atoms with Gasteiger partial charge in [-0.1, -0.05) is 30.3 Å². The molecule has 3 aromatic rings. The van der Waals surface area contributed by atoms with Crippen LogP contribution in [0.1, 0.15) is 17.5 Å². The van der Waals surface area contributed by atoms with Crippen molar-refractivity contribution in [1.29, 1.82) is 0 Å². The number of benzene rings is 1. The number of nitrogens with one attached hydrogen (secondary N) is 1. The lowest BCUT2D eigenvalue weighted by Gasteiger charge is -2.22. The van der Waals surface area contributed by atoms with Crippen molar-refractivity contribution < 1.29 is 5.11 Å². The Kier molecular flexibility index (Phi) is 5.32. The molecule has 0 amide bonds. The van der Waals surface area contributed by atoms with Crippen LogP contribution in [0, 0.1) is 11.8 Å². The highest BCUT2D eigenvalue weighted by Gasteiger charge is 2.35. The molecule has 30 heavy (non-hydrogen) atoms. The van der Waals surface area contributed by atoms with Crippen LogP contribution >= 0.6 is 0 Å². The van der Waals surface area contributed by atoms with Gasteiger partial charge in [-0.3, -0.25) is 4.98 Å². The first-order valence-electron chi connectivity index (χ1n) is 10.8. The summed E-state index contributed by atoms with van der Waals surface area (Å²) in [7, 11) is 0. The maximum atomic E-state index is 9.31. The van der Waals surface area contributed by atoms with Crippen molar-refractivity contribution in [1.82, 2.24) is 15.0 Å². The van der Waals surface area contributed by atoms with Crippen LogP contribution < -0.4 is 10.2 Å². The summed E-state index contributed by atoms with van der Waals surface area (Å²) in [4.78, 5) is 16.4. The smallest absolute Gasteiger partial charge is 0.182 e. The molecular weight excluding hydrogens is 374 g/mol. The van der Waals surface area contributed by atoms with E-state index < -0.39 is 0 Å². The third-order valence-corrected chi connectivity index (χ3v) is 6.20. The molecule has 0 unspecified atom stereocenters. The highest BCUT2D eigenvalue weighted by molar-refractivity contribution is 5.59. The van der Waals surface area contributed by atoms with Crippen LogP contribution in [0.3, 0.4) is 0 Å². The van der Waals surface area contributed by atoms with Gasteiger partial charge in [0.1, 0.15) is 17.3 Å². The van der Waals surface area contributed by atoms with E-state index in [4.69, 9.17) is 9.97 Å². The van der Waals surface area contributed by atoms with E-state index in [0.29, 0.717) is 17.7 Å².